The summed E-state index contributed by atoms with van der Waals surface area (Å²) in [5.41, 5.74) is 8.84. The molecule has 1 atom stereocenters. The summed E-state index contributed by atoms with van der Waals surface area (Å²) < 4.78 is 28.4. The Kier molecular flexibility index (Phi) is 5.15. The molecular weight excluding hydrogens is 438 g/mol. The zero-order valence-corrected chi connectivity index (χ0v) is 18.0. The molecule has 2 aromatic heterocycles. The highest BCUT2D eigenvalue weighted by molar-refractivity contribution is 5.94. The second-order valence-electron chi connectivity index (χ2n) is 7.98. The summed E-state index contributed by atoms with van der Waals surface area (Å²) in [6.45, 7) is 0. The van der Waals surface area contributed by atoms with E-state index in [1.165, 1.54) is 0 Å². The van der Waals surface area contributed by atoms with Crippen molar-refractivity contribution in [2.45, 2.75) is 12.5 Å². The first-order valence-electron chi connectivity index (χ1n) is 10.4. The van der Waals surface area contributed by atoms with Gasteiger partial charge >= 0.3 is 0 Å². The van der Waals surface area contributed by atoms with E-state index < -0.39 is 18.0 Å². The molecule has 34 heavy (non-hydrogen) atoms. The molecule has 7 nitrogen and oxygen atoms in total. The fraction of sp³-hybridized carbons (Fsp3) is 0.120. The molecule has 0 radical (unpaired) electrons. The Bertz CT molecular complexity index is 1660. The molecule has 0 aliphatic rings. The van der Waals surface area contributed by atoms with Crippen LogP contribution in [0.5, 0.6) is 0 Å². The number of rotatable bonds is 4. The van der Waals surface area contributed by atoms with E-state index in [1.807, 2.05) is 37.4 Å². The van der Waals surface area contributed by atoms with Crippen LogP contribution in [0.25, 0.3) is 43.9 Å². The summed E-state index contributed by atoms with van der Waals surface area (Å²) >= 11 is 0. The van der Waals surface area contributed by atoms with Gasteiger partial charge in [-0.1, -0.05) is 24.3 Å². The summed E-state index contributed by atoms with van der Waals surface area (Å²) in [6, 6.07) is 16.8. The molecule has 5 aromatic rings. The third-order valence-corrected chi connectivity index (χ3v) is 5.90. The number of aryl methyl sites for hydroxylation is 1. The van der Waals surface area contributed by atoms with Crippen molar-refractivity contribution in [1.82, 2.24) is 20.0 Å². The van der Waals surface area contributed by atoms with Crippen molar-refractivity contribution < 1.29 is 8.78 Å². The normalized spacial score (nSPS) is 12.4. The average Bonchev–Trinajstić information content (AvgIpc) is 3.24. The van der Waals surface area contributed by atoms with Gasteiger partial charge in [-0.15, -0.1) is 0 Å². The molecule has 2 heterocycles. The molecule has 0 aliphatic carbocycles. The molecule has 5 rings (SSSR count). The van der Waals surface area contributed by atoms with Crippen LogP contribution < -0.4 is 11.3 Å². The number of hydrogen-bond acceptors (Lipinski definition) is 5. The smallest absolute Gasteiger partial charge is 0.272 e. The number of nitriles is 1. The minimum atomic E-state index is -2.83. The monoisotopic (exact) mass is 456 g/mol. The number of aromatic nitrogens is 4. The van der Waals surface area contributed by atoms with Gasteiger partial charge in [-0.2, -0.15) is 15.5 Å². The lowest BCUT2D eigenvalue weighted by atomic mass is 9.96. The number of hydrogen-bond donors (Lipinski definition) is 2. The largest absolute Gasteiger partial charge is 0.318 e. The van der Waals surface area contributed by atoms with E-state index in [9.17, 15) is 13.6 Å². The van der Waals surface area contributed by atoms with Crippen molar-refractivity contribution in [2.75, 3.05) is 0 Å². The Morgan fingerprint density at radius 2 is 1.76 bits per heavy atom. The highest BCUT2D eigenvalue weighted by Crippen LogP contribution is 2.35. The van der Waals surface area contributed by atoms with Crippen LogP contribution in [-0.2, 0) is 7.05 Å². The molecule has 0 saturated carbocycles. The number of aromatic amines is 1. The molecular formula is C25H18F2N6O. The van der Waals surface area contributed by atoms with Crippen LogP contribution in [0.2, 0.25) is 0 Å². The lowest BCUT2D eigenvalue weighted by Gasteiger charge is -2.13. The second kappa shape index (κ2) is 8.17. The van der Waals surface area contributed by atoms with Gasteiger partial charge in [-0.3, -0.25) is 9.48 Å². The maximum absolute atomic E-state index is 13.3. The van der Waals surface area contributed by atoms with Crippen molar-refractivity contribution in [3.63, 3.8) is 0 Å². The number of nitrogens with one attached hydrogen (secondary N) is 1. The van der Waals surface area contributed by atoms with Gasteiger partial charge in [-0.05, 0) is 46.7 Å². The van der Waals surface area contributed by atoms with E-state index in [0.717, 1.165) is 27.6 Å². The van der Waals surface area contributed by atoms with Gasteiger partial charge in [0.05, 0.1) is 34.6 Å². The van der Waals surface area contributed by atoms with Crippen LogP contribution >= 0.6 is 0 Å². The van der Waals surface area contributed by atoms with Gasteiger partial charge in [0, 0.05) is 23.6 Å². The van der Waals surface area contributed by atoms with Gasteiger partial charge < -0.3 is 5.73 Å². The number of fused-ring (bicyclic) bond motifs is 2. The van der Waals surface area contributed by atoms with Crippen molar-refractivity contribution in [2.24, 2.45) is 12.8 Å². The quantitative estimate of drug-likeness (QED) is 0.419. The summed E-state index contributed by atoms with van der Waals surface area (Å²) in [4.78, 5) is 12.3. The van der Waals surface area contributed by atoms with Crippen molar-refractivity contribution in [3.05, 3.63) is 82.4 Å². The number of alkyl halides is 2. The van der Waals surface area contributed by atoms with Gasteiger partial charge in [0.15, 0.2) is 0 Å². The van der Waals surface area contributed by atoms with Crippen LogP contribution in [0.1, 0.15) is 17.3 Å². The molecule has 9 heteroatoms. The molecule has 0 spiro atoms. The van der Waals surface area contributed by atoms with E-state index in [4.69, 9.17) is 11.0 Å². The van der Waals surface area contributed by atoms with Crippen LogP contribution in [0.3, 0.4) is 0 Å². The van der Waals surface area contributed by atoms with Crippen LogP contribution in [0.15, 0.2) is 65.6 Å². The Morgan fingerprint density at radius 3 is 2.53 bits per heavy atom. The molecule has 0 aliphatic heterocycles. The minimum absolute atomic E-state index is 0.0732. The molecule has 3 N–H and O–H groups in total. The first-order valence-corrected chi connectivity index (χ1v) is 10.4. The van der Waals surface area contributed by atoms with E-state index in [-0.39, 0.29) is 16.5 Å². The van der Waals surface area contributed by atoms with Gasteiger partial charge in [0.1, 0.15) is 6.04 Å². The van der Waals surface area contributed by atoms with E-state index in [2.05, 4.69) is 21.4 Å². The van der Waals surface area contributed by atoms with Crippen molar-refractivity contribution >= 4 is 21.5 Å². The molecule has 0 amide bonds. The molecule has 0 bridgehead atoms. The Balaban J connectivity index is 1.69. The third-order valence-electron chi connectivity index (χ3n) is 5.90. The molecule has 0 saturated heterocycles. The van der Waals surface area contributed by atoms with Crippen LogP contribution in [0.4, 0.5) is 8.78 Å². The van der Waals surface area contributed by atoms with Crippen molar-refractivity contribution in [1.29, 1.82) is 5.26 Å². The number of H-pyrrole nitrogens is 1. The Morgan fingerprint density at radius 1 is 1.03 bits per heavy atom. The Hall–Kier alpha value is -4.42. The van der Waals surface area contributed by atoms with Crippen LogP contribution in [0, 0.1) is 11.3 Å². The van der Waals surface area contributed by atoms with E-state index in [0.29, 0.717) is 11.1 Å². The van der Waals surface area contributed by atoms with E-state index in [1.54, 1.807) is 35.1 Å². The average molecular weight is 456 g/mol. The number of halogens is 2. The zero-order valence-electron chi connectivity index (χ0n) is 18.0. The predicted molar refractivity (Wildman–Crippen MR) is 125 cm³/mol. The standard InChI is InChI=1S/C25H18F2N6O/c1-33-23(17-5-4-14-8-13(11-28)2-3-15(14)9-17)20(12-30-33)16-6-7-18-19(10-16)22(21(29)24(26)27)31-32-25(18)34/h2-10,12,21,24H,29H2,1H3,(H,32,34)/t21-/m0/s1. The fourth-order valence-electron chi connectivity index (χ4n) is 4.18. The zero-order chi connectivity index (χ0) is 24.0. The lowest BCUT2D eigenvalue weighted by molar-refractivity contribution is 0.115. The van der Waals surface area contributed by atoms with Crippen molar-refractivity contribution in [3.8, 4) is 28.5 Å². The molecule has 0 unspecified atom stereocenters. The highest BCUT2D eigenvalue weighted by atomic mass is 19.3. The predicted octanol–water partition coefficient (Wildman–Crippen LogP) is 4.28. The van der Waals surface area contributed by atoms with Crippen LogP contribution in [-0.4, -0.2) is 26.4 Å². The van der Waals surface area contributed by atoms with Gasteiger partial charge in [0.2, 0.25) is 0 Å². The summed E-state index contributed by atoms with van der Waals surface area (Å²) in [5.74, 6) is 0. The number of benzene rings is 3. The first-order chi connectivity index (χ1) is 16.4. The highest BCUT2D eigenvalue weighted by Gasteiger charge is 2.23. The Labute approximate surface area is 192 Å². The minimum Gasteiger partial charge on any atom is -0.318 e. The fourth-order valence-corrected chi connectivity index (χ4v) is 4.18. The third kappa shape index (κ3) is 3.50. The summed E-state index contributed by atoms with van der Waals surface area (Å²) in [6.07, 6.45) is -1.15. The molecule has 3 aromatic carbocycles. The number of nitrogens with two attached hydrogens (primary N) is 1. The summed E-state index contributed by atoms with van der Waals surface area (Å²) in [7, 11) is 1.81. The topological polar surface area (TPSA) is 113 Å². The first kappa shape index (κ1) is 21.4. The van der Waals surface area contributed by atoms with E-state index >= 15 is 0 Å². The molecule has 0 fully saturated rings. The van der Waals surface area contributed by atoms with Gasteiger partial charge in [-0.25, -0.2) is 13.9 Å². The number of nitrogens with zero attached hydrogens (tertiary/aromatic N) is 4. The second-order valence-corrected chi connectivity index (χ2v) is 7.98. The van der Waals surface area contributed by atoms with Gasteiger partial charge in [0.25, 0.3) is 12.0 Å². The lowest BCUT2D eigenvalue weighted by Crippen LogP contribution is -2.23. The maximum Gasteiger partial charge on any atom is 0.272 e. The SMILES string of the molecule is Cn1ncc(-c2ccc3c(=O)[nH]nc([C@H](N)C(F)F)c3c2)c1-c1ccc2cc(C#N)ccc2c1. The summed E-state index contributed by atoms with van der Waals surface area (Å²) in [5, 5.41) is 22.0. The maximum atomic E-state index is 13.3. The molecule has 168 valence electrons.